The Bertz CT molecular complexity index is 855. The van der Waals surface area contributed by atoms with Crippen LogP contribution in [0.1, 0.15) is 27.5 Å². The maximum Gasteiger partial charge on any atom is 0.254 e. The first kappa shape index (κ1) is 17.5. The average molecular weight is 360 g/mol. The monoisotopic (exact) mass is 360 g/mol. The van der Waals surface area contributed by atoms with Gasteiger partial charge in [-0.1, -0.05) is 18.2 Å². The number of primary sulfonamides is 1. The van der Waals surface area contributed by atoms with Crippen molar-refractivity contribution in [2.45, 2.75) is 11.8 Å². The van der Waals surface area contributed by atoms with E-state index in [-0.39, 0.29) is 17.7 Å². The van der Waals surface area contributed by atoms with Gasteiger partial charge in [0, 0.05) is 37.6 Å². The number of benzene rings is 1. The maximum absolute atomic E-state index is 13.0. The minimum atomic E-state index is -3.64. The minimum absolute atomic E-state index is 0.114. The molecular weight excluding hydrogens is 340 g/mol. The van der Waals surface area contributed by atoms with Gasteiger partial charge in [0.15, 0.2) is 0 Å². The van der Waals surface area contributed by atoms with E-state index in [4.69, 9.17) is 5.14 Å². The molecule has 2 aromatic rings. The number of carbonyl (C=O) groups is 1. The van der Waals surface area contributed by atoms with Crippen molar-refractivity contribution in [3.05, 3.63) is 65.5 Å². The molecule has 0 spiro atoms. The molecule has 2 heterocycles. The average Bonchev–Trinajstić information content (AvgIpc) is 2.61. The first-order chi connectivity index (χ1) is 11.9. The first-order valence-electron chi connectivity index (χ1n) is 7.95. The number of nitrogens with two attached hydrogens (primary N) is 1. The molecule has 8 heteroatoms. The van der Waals surface area contributed by atoms with Gasteiger partial charge in [-0.3, -0.25) is 9.78 Å². The van der Waals surface area contributed by atoms with E-state index in [1.807, 2.05) is 12.1 Å². The van der Waals surface area contributed by atoms with E-state index in [1.165, 1.54) is 0 Å². The second-order valence-corrected chi connectivity index (χ2v) is 7.63. The summed E-state index contributed by atoms with van der Waals surface area (Å²) in [6, 6.07) is 10.3. The van der Waals surface area contributed by atoms with Gasteiger partial charge in [-0.2, -0.15) is 0 Å². The highest BCUT2D eigenvalue weighted by atomic mass is 32.2. The van der Waals surface area contributed by atoms with Gasteiger partial charge in [0.1, 0.15) is 0 Å². The Morgan fingerprint density at radius 1 is 1.32 bits per heavy atom. The zero-order valence-corrected chi connectivity index (χ0v) is 14.4. The summed E-state index contributed by atoms with van der Waals surface area (Å²) >= 11 is 0. The zero-order valence-electron chi connectivity index (χ0n) is 13.6. The molecule has 25 heavy (non-hydrogen) atoms. The number of rotatable bonds is 4. The quantitative estimate of drug-likeness (QED) is 0.833. The van der Waals surface area contributed by atoms with Gasteiger partial charge in [-0.05, 0) is 29.3 Å². The number of nitrogens with zero attached hydrogens (tertiary/aromatic N) is 2. The largest absolute Gasteiger partial charge is 0.329 e. The number of hydrogen-bond donors (Lipinski definition) is 2. The van der Waals surface area contributed by atoms with Crippen LogP contribution in [0.4, 0.5) is 0 Å². The molecule has 132 valence electrons. The number of carbonyl (C=O) groups excluding carboxylic acids is 1. The molecule has 1 atom stereocenters. The number of piperazine rings is 1. The fourth-order valence-corrected chi connectivity index (χ4v) is 3.65. The van der Waals surface area contributed by atoms with E-state index in [2.05, 4.69) is 10.3 Å². The van der Waals surface area contributed by atoms with E-state index >= 15 is 0 Å². The van der Waals surface area contributed by atoms with Crippen molar-refractivity contribution >= 4 is 15.9 Å². The van der Waals surface area contributed by atoms with Crippen LogP contribution in [0.15, 0.2) is 48.8 Å². The minimum Gasteiger partial charge on any atom is -0.329 e. The Kier molecular flexibility index (Phi) is 5.12. The molecule has 3 rings (SSSR count). The molecule has 1 saturated heterocycles. The van der Waals surface area contributed by atoms with Crippen LogP contribution in [0.25, 0.3) is 0 Å². The van der Waals surface area contributed by atoms with Gasteiger partial charge >= 0.3 is 0 Å². The topological polar surface area (TPSA) is 105 Å². The standard InChI is InChI=1S/C17H20N4O3S/c18-25(23,24)12-13-3-1-4-14(9-13)17(22)21-8-7-20-11-16(21)15-5-2-6-19-10-15/h1-6,9-10,16,20H,7-8,11-12H2,(H2,18,23,24). The predicted octanol–water partition coefficient (Wildman–Crippen LogP) is 0.657. The number of amides is 1. The molecule has 1 aliphatic rings. The lowest BCUT2D eigenvalue weighted by Gasteiger charge is -2.36. The smallest absolute Gasteiger partial charge is 0.254 e. The molecule has 1 fully saturated rings. The van der Waals surface area contributed by atoms with Crippen LogP contribution in [-0.2, 0) is 15.8 Å². The Balaban J connectivity index is 1.87. The van der Waals surface area contributed by atoms with Crippen LogP contribution in [0.2, 0.25) is 0 Å². The molecule has 0 radical (unpaired) electrons. The van der Waals surface area contributed by atoms with Gasteiger partial charge in [0.25, 0.3) is 5.91 Å². The number of aromatic nitrogens is 1. The number of pyridine rings is 1. The van der Waals surface area contributed by atoms with Crippen LogP contribution < -0.4 is 10.5 Å². The molecule has 1 aliphatic heterocycles. The van der Waals surface area contributed by atoms with Crippen molar-refractivity contribution in [3.63, 3.8) is 0 Å². The first-order valence-corrected chi connectivity index (χ1v) is 9.66. The van der Waals surface area contributed by atoms with E-state index in [1.54, 1.807) is 41.6 Å². The van der Waals surface area contributed by atoms with Crippen molar-refractivity contribution in [1.82, 2.24) is 15.2 Å². The van der Waals surface area contributed by atoms with Crippen molar-refractivity contribution in [1.29, 1.82) is 0 Å². The highest BCUT2D eigenvalue weighted by molar-refractivity contribution is 7.88. The molecule has 1 aromatic heterocycles. The van der Waals surface area contributed by atoms with Crippen LogP contribution >= 0.6 is 0 Å². The van der Waals surface area contributed by atoms with Crippen molar-refractivity contribution in [3.8, 4) is 0 Å². The second-order valence-electron chi connectivity index (χ2n) is 6.01. The lowest BCUT2D eigenvalue weighted by Crippen LogP contribution is -2.48. The highest BCUT2D eigenvalue weighted by Crippen LogP contribution is 2.24. The molecule has 1 unspecified atom stereocenters. The lowest BCUT2D eigenvalue weighted by atomic mass is 10.0. The summed E-state index contributed by atoms with van der Waals surface area (Å²) in [6.07, 6.45) is 3.46. The van der Waals surface area contributed by atoms with Crippen molar-refractivity contribution < 1.29 is 13.2 Å². The normalized spacial score (nSPS) is 18.1. The number of sulfonamides is 1. The predicted molar refractivity (Wildman–Crippen MR) is 94.1 cm³/mol. The fraction of sp³-hybridized carbons (Fsp3) is 0.294. The Morgan fingerprint density at radius 2 is 2.16 bits per heavy atom. The van der Waals surface area contributed by atoms with E-state index in [0.717, 1.165) is 5.56 Å². The molecule has 0 aliphatic carbocycles. The third kappa shape index (κ3) is 4.41. The lowest BCUT2D eigenvalue weighted by molar-refractivity contribution is 0.0634. The summed E-state index contributed by atoms with van der Waals surface area (Å²) in [6.45, 7) is 1.92. The van der Waals surface area contributed by atoms with Crippen LogP contribution in [0.3, 0.4) is 0 Å². The summed E-state index contributed by atoms with van der Waals surface area (Å²) in [5, 5.41) is 8.39. The van der Waals surface area contributed by atoms with Gasteiger partial charge in [0.2, 0.25) is 10.0 Å². The summed E-state index contributed by atoms with van der Waals surface area (Å²) in [4.78, 5) is 18.9. The Morgan fingerprint density at radius 3 is 2.88 bits per heavy atom. The number of nitrogens with one attached hydrogen (secondary N) is 1. The van der Waals surface area contributed by atoms with Crippen LogP contribution in [0, 0.1) is 0 Å². The third-order valence-electron chi connectivity index (χ3n) is 4.12. The summed E-state index contributed by atoms with van der Waals surface area (Å²) in [7, 11) is -3.64. The Labute approximate surface area is 146 Å². The molecule has 3 N–H and O–H groups in total. The molecule has 1 amide bonds. The van der Waals surface area contributed by atoms with Crippen molar-refractivity contribution in [2.24, 2.45) is 5.14 Å². The van der Waals surface area contributed by atoms with Gasteiger partial charge in [0.05, 0.1) is 11.8 Å². The molecule has 1 aromatic carbocycles. The van der Waals surface area contributed by atoms with E-state index in [0.29, 0.717) is 30.8 Å². The van der Waals surface area contributed by atoms with Crippen LogP contribution in [-0.4, -0.2) is 43.8 Å². The third-order valence-corrected chi connectivity index (χ3v) is 4.85. The Hall–Kier alpha value is -2.29. The van der Waals surface area contributed by atoms with Gasteiger partial charge in [-0.25, -0.2) is 13.6 Å². The highest BCUT2D eigenvalue weighted by Gasteiger charge is 2.28. The molecular formula is C17H20N4O3S. The zero-order chi connectivity index (χ0) is 17.9. The second kappa shape index (κ2) is 7.30. The van der Waals surface area contributed by atoms with Gasteiger partial charge < -0.3 is 10.2 Å². The maximum atomic E-state index is 13.0. The van der Waals surface area contributed by atoms with Gasteiger partial charge in [-0.15, -0.1) is 0 Å². The van der Waals surface area contributed by atoms with E-state index < -0.39 is 10.0 Å². The van der Waals surface area contributed by atoms with Crippen LogP contribution in [0.5, 0.6) is 0 Å². The van der Waals surface area contributed by atoms with E-state index in [9.17, 15) is 13.2 Å². The summed E-state index contributed by atoms with van der Waals surface area (Å²) in [5.41, 5.74) is 1.92. The summed E-state index contributed by atoms with van der Waals surface area (Å²) < 4.78 is 22.6. The SMILES string of the molecule is NS(=O)(=O)Cc1cccc(C(=O)N2CCNCC2c2cccnc2)c1. The van der Waals surface area contributed by atoms with Crippen molar-refractivity contribution in [2.75, 3.05) is 19.6 Å². The fourth-order valence-electron chi connectivity index (χ4n) is 3.01. The number of hydrogen-bond acceptors (Lipinski definition) is 5. The summed E-state index contributed by atoms with van der Waals surface area (Å²) in [5.74, 6) is -0.423. The molecule has 0 saturated carbocycles. The molecule has 7 nitrogen and oxygen atoms in total. The molecule has 0 bridgehead atoms.